The van der Waals surface area contributed by atoms with Crippen molar-refractivity contribution < 1.29 is 0 Å². The first-order valence-corrected chi connectivity index (χ1v) is 14.4. The first kappa shape index (κ1) is 25.2. The summed E-state index contributed by atoms with van der Waals surface area (Å²) >= 11 is 12.8. The van der Waals surface area contributed by atoms with Crippen molar-refractivity contribution in [3.05, 3.63) is 134 Å². The number of aromatic amines is 2. The topological polar surface area (TPSA) is 117 Å². The SMILES string of the molecule is O=c1c2ccccc2c(=O)c2c1ccc1c2[nH]c2c3c(=O)c4ccccc4c(=O)c3c3[nH]c4c(Cl)cc(Cl)cc4c(=O)c3c12. The van der Waals surface area contributed by atoms with Gasteiger partial charge in [0.15, 0.2) is 27.1 Å². The second-order valence-electron chi connectivity index (χ2n) is 11.0. The van der Waals surface area contributed by atoms with Gasteiger partial charge in [-0.1, -0.05) is 77.8 Å². The third-order valence-corrected chi connectivity index (χ3v) is 9.28. The number of nitrogens with one attached hydrogen (secondary N) is 2. The van der Waals surface area contributed by atoms with Gasteiger partial charge in [0.2, 0.25) is 0 Å². The summed E-state index contributed by atoms with van der Waals surface area (Å²) in [6.45, 7) is 0. The van der Waals surface area contributed by atoms with Crippen LogP contribution < -0.4 is 27.1 Å². The van der Waals surface area contributed by atoms with Gasteiger partial charge in [0.1, 0.15) is 0 Å². The average Bonchev–Trinajstić information content (AvgIpc) is 3.41. The Morgan fingerprint density at radius 2 is 0.841 bits per heavy atom. The average molecular weight is 613 g/mol. The molecule has 2 N–H and O–H groups in total. The van der Waals surface area contributed by atoms with Crippen molar-refractivity contribution >= 4 is 110 Å². The number of hydrogen-bond donors (Lipinski definition) is 2. The van der Waals surface area contributed by atoms with Crippen molar-refractivity contribution in [1.82, 2.24) is 9.97 Å². The normalized spacial score (nSPS) is 12.3. The highest BCUT2D eigenvalue weighted by atomic mass is 35.5. The predicted molar refractivity (Wildman–Crippen MR) is 179 cm³/mol. The molecule has 0 saturated heterocycles. The van der Waals surface area contributed by atoms with Crippen LogP contribution in [-0.4, -0.2) is 9.97 Å². The molecule has 0 spiro atoms. The smallest absolute Gasteiger partial charge is 0.198 e. The number of hydrogen-bond acceptors (Lipinski definition) is 5. The van der Waals surface area contributed by atoms with E-state index >= 15 is 0 Å². The van der Waals surface area contributed by atoms with Gasteiger partial charge < -0.3 is 9.97 Å². The molecule has 9 rings (SSSR count). The summed E-state index contributed by atoms with van der Waals surface area (Å²) in [6.07, 6.45) is 0. The Morgan fingerprint density at radius 1 is 0.386 bits per heavy atom. The molecule has 0 aliphatic carbocycles. The van der Waals surface area contributed by atoms with Gasteiger partial charge in [0.05, 0.1) is 48.6 Å². The van der Waals surface area contributed by atoms with E-state index in [-0.39, 0.29) is 85.9 Å². The fraction of sp³-hybridized carbons (Fsp3) is 0. The first-order valence-electron chi connectivity index (χ1n) is 13.6. The van der Waals surface area contributed by atoms with Crippen molar-refractivity contribution in [2.75, 3.05) is 0 Å². The number of fused-ring (bicyclic) bond motifs is 13. The van der Waals surface area contributed by atoms with Crippen LogP contribution in [0.25, 0.3) is 86.7 Å². The van der Waals surface area contributed by atoms with E-state index in [1.54, 1.807) is 60.7 Å². The predicted octanol–water partition coefficient (Wildman–Crippen LogP) is 6.55. The Kier molecular flexibility index (Phi) is 4.79. The largest absolute Gasteiger partial charge is 0.353 e. The van der Waals surface area contributed by atoms with Crippen LogP contribution in [0, 0.1) is 0 Å². The first-order chi connectivity index (χ1) is 21.3. The van der Waals surface area contributed by atoms with Gasteiger partial charge in [0, 0.05) is 48.1 Å². The van der Waals surface area contributed by atoms with Crippen molar-refractivity contribution in [3.8, 4) is 0 Å². The highest BCUT2D eigenvalue weighted by molar-refractivity contribution is 6.39. The molecule has 0 amide bonds. The molecule has 2 heterocycles. The molecule has 0 aliphatic rings. The Hall–Kier alpha value is -5.37. The Morgan fingerprint density at radius 3 is 1.45 bits per heavy atom. The number of benzene rings is 7. The van der Waals surface area contributed by atoms with Gasteiger partial charge in [-0.15, -0.1) is 0 Å². The minimum Gasteiger partial charge on any atom is -0.353 e. The summed E-state index contributed by atoms with van der Waals surface area (Å²) in [6, 6.07) is 19.3. The molecule has 7 nitrogen and oxygen atoms in total. The number of halogens is 2. The van der Waals surface area contributed by atoms with Crippen LogP contribution in [0.15, 0.2) is 96.8 Å². The number of H-pyrrole nitrogens is 2. The summed E-state index contributed by atoms with van der Waals surface area (Å²) in [5, 5.41) is 2.96. The standard InChI is InChI=1S/C35H14Cl2N2O5/c36-13-11-20-27(21(37)12-13)38-30-24(35(20)44)22-18-9-10-19-23(32(41)15-6-2-1-5-14(15)31(19)40)28(18)39-29(22)25-26(30)34(43)17-8-4-3-7-16(17)33(25)42/h1-12,39H,(H,38,44). The molecular formula is C35H14Cl2N2O5. The zero-order valence-corrected chi connectivity index (χ0v) is 23.7. The maximum absolute atomic E-state index is 14.4. The molecule has 9 aromatic rings. The summed E-state index contributed by atoms with van der Waals surface area (Å²) in [5.74, 6) is 0. The second-order valence-corrected chi connectivity index (χ2v) is 11.8. The molecule has 208 valence electrons. The van der Waals surface area contributed by atoms with Crippen LogP contribution in [0.2, 0.25) is 10.0 Å². The van der Waals surface area contributed by atoms with E-state index in [1.165, 1.54) is 12.1 Å². The molecule has 7 aromatic carbocycles. The van der Waals surface area contributed by atoms with Crippen molar-refractivity contribution in [3.63, 3.8) is 0 Å². The second kappa shape index (κ2) is 8.38. The van der Waals surface area contributed by atoms with Crippen molar-refractivity contribution in [2.45, 2.75) is 0 Å². The maximum Gasteiger partial charge on any atom is 0.198 e. The van der Waals surface area contributed by atoms with Crippen molar-refractivity contribution in [1.29, 1.82) is 0 Å². The Balaban J connectivity index is 1.69. The lowest BCUT2D eigenvalue weighted by Crippen LogP contribution is -2.16. The molecule has 0 aliphatic heterocycles. The van der Waals surface area contributed by atoms with Gasteiger partial charge in [0.25, 0.3) is 0 Å². The minimum absolute atomic E-state index is 0.0226. The molecule has 0 fully saturated rings. The lowest BCUT2D eigenvalue weighted by molar-refractivity contribution is 1.49. The fourth-order valence-corrected chi connectivity index (χ4v) is 7.43. The fourth-order valence-electron chi connectivity index (χ4n) is 6.89. The summed E-state index contributed by atoms with van der Waals surface area (Å²) in [5.41, 5.74) is -1.06. The van der Waals surface area contributed by atoms with Gasteiger partial charge in [-0.05, 0) is 18.2 Å². The van der Waals surface area contributed by atoms with Crippen LogP contribution in [0.3, 0.4) is 0 Å². The number of pyridine rings is 1. The van der Waals surface area contributed by atoms with Gasteiger partial charge in [-0.2, -0.15) is 0 Å². The molecule has 0 radical (unpaired) electrons. The summed E-state index contributed by atoms with van der Waals surface area (Å²) in [7, 11) is 0. The number of rotatable bonds is 0. The van der Waals surface area contributed by atoms with Crippen LogP contribution in [-0.2, 0) is 0 Å². The highest BCUT2D eigenvalue weighted by Crippen LogP contribution is 2.39. The molecule has 44 heavy (non-hydrogen) atoms. The van der Waals surface area contributed by atoms with Gasteiger partial charge in [-0.3, -0.25) is 24.0 Å². The van der Waals surface area contributed by atoms with Crippen LogP contribution in [0.1, 0.15) is 0 Å². The van der Waals surface area contributed by atoms with E-state index in [0.29, 0.717) is 21.7 Å². The van der Waals surface area contributed by atoms with Crippen LogP contribution in [0.5, 0.6) is 0 Å². The molecule has 0 atom stereocenters. The third-order valence-electron chi connectivity index (χ3n) is 8.76. The lowest BCUT2D eigenvalue weighted by atomic mass is 9.94. The highest BCUT2D eigenvalue weighted by Gasteiger charge is 2.25. The molecule has 2 aromatic heterocycles. The molecule has 0 unspecified atom stereocenters. The van der Waals surface area contributed by atoms with E-state index in [1.807, 2.05) is 0 Å². The number of aromatic nitrogens is 2. The molecule has 9 heteroatoms. The Labute approximate surface area is 253 Å². The van der Waals surface area contributed by atoms with E-state index in [2.05, 4.69) is 9.97 Å². The van der Waals surface area contributed by atoms with Gasteiger partial charge >= 0.3 is 0 Å². The maximum atomic E-state index is 14.4. The third kappa shape index (κ3) is 2.95. The van der Waals surface area contributed by atoms with Crippen molar-refractivity contribution in [2.24, 2.45) is 0 Å². The Bertz CT molecular complexity index is 3130. The molecule has 0 saturated carbocycles. The van der Waals surface area contributed by atoms with E-state index in [9.17, 15) is 24.0 Å². The van der Waals surface area contributed by atoms with E-state index in [0.717, 1.165) is 0 Å². The zero-order valence-electron chi connectivity index (χ0n) is 22.2. The minimum atomic E-state index is -0.462. The summed E-state index contributed by atoms with van der Waals surface area (Å²) in [4.78, 5) is 76.5. The van der Waals surface area contributed by atoms with E-state index in [4.69, 9.17) is 23.2 Å². The quantitative estimate of drug-likeness (QED) is 0.149. The van der Waals surface area contributed by atoms with Gasteiger partial charge in [-0.25, -0.2) is 0 Å². The zero-order chi connectivity index (χ0) is 30.2. The molecule has 0 bridgehead atoms. The monoisotopic (exact) mass is 612 g/mol. The molecular weight excluding hydrogens is 599 g/mol. The lowest BCUT2D eigenvalue weighted by Gasteiger charge is -2.11. The van der Waals surface area contributed by atoms with Crippen LogP contribution >= 0.6 is 23.2 Å². The summed E-state index contributed by atoms with van der Waals surface area (Å²) < 4.78 is 0. The van der Waals surface area contributed by atoms with Crippen LogP contribution in [0.4, 0.5) is 0 Å². The van der Waals surface area contributed by atoms with E-state index < -0.39 is 16.3 Å².